The highest BCUT2D eigenvalue weighted by Crippen LogP contribution is 2.26. The monoisotopic (exact) mass is 514 g/mol. The number of anilines is 1. The minimum absolute atomic E-state index is 0.0937. The van der Waals surface area contributed by atoms with Crippen molar-refractivity contribution < 1.29 is 14.7 Å². The molecule has 1 aromatic heterocycles. The molecule has 0 aliphatic rings. The van der Waals surface area contributed by atoms with Gasteiger partial charge in [-0.15, -0.1) is 0 Å². The van der Waals surface area contributed by atoms with Gasteiger partial charge in [0.15, 0.2) is 0 Å². The lowest BCUT2D eigenvalue weighted by Crippen LogP contribution is -2.43. The molecule has 3 N–H and O–H groups in total. The number of halogens is 2. The number of amides is 3. The van der Waals surface area contributed by atoms with Crippen LogP contribution in [-0.2, 0) is 6.54 Å². The van der Waals surface area contributed by atoms with Gasteiger partial charge >= 0.3 is 6.03 Å². The molecule has 0 aliphatic carbocycles. The minimum atomic E-state index is -0.922. The summed E-state index contributed by atoms with van der Waals surface area (Å²) in [6, 6.07) is 16.8. The second-order valence-electron chi connectivity index (χ2n) is 8.12. The van der Waals surface area contributed by atoms with Gasteiger partial charge in [-0.3, -0.25) is 9.78 Å². The Bertz CT molecular complexity index is 1140. The molecule has 35 heavy (non-hydrogen) atoms. The normalized spacial score (nSPS) is 12.5. The van der Waals surface area contributed by atoms with Crippen molar-refractivity contribution in [1.82, 2.24) is 15.2 Å². The second-order valence-corrected chi connectivity index (χ2v) is 8.94. The quantitative estimate of drug-likeness (QED) is 0.342. The number of carbonyl (C=O) groups is 2. The van der Waals surface area contributed by atoms with Crippen LogP contribution in [0.1, 0.15) is 48.0 Å². The van der Waals surface area contributed by atoms with E-state index in [1.54, 1.807) is 59.6 Å². The number of pyridine rings is 1. The summed E-state index contributed by atoms with van der Waals surface area (Å²) in [5, 5.41) is 17.2. The smallest absolute Gasteiger partial charge is 0.322 e. The SMILES string of the molecule is CC[C@@H](C)N(C[C@@H](O)c1ccc(Cl)c(Cl)c1)C(=O)Nc1ccc(CNC(=O)c2ccccn2)cc1. The number of hydrogen-bond acceptors (Lipinski definition) is 4. The van der Waals surface area contributed by atoms with Crippen molar-refractivity contribution in [2.24, 2.45) is 0 Å². The van der Waals surface area contributed by atoms with E-state index in [4.69, 9.17) is 23.2 Å². The first-order valence-corrected chi connectivity index (χ1v) is 12.0. The maximum atomic E-state index is 13.1. The Morgan fingerprint density at radius 3 is 2.43 bits per heavy atom. The first kappa shape index (κ1) is 26.5. The van der Waals surface area contributed by atoms with Crippen LogP contribution in [0.2, 0.25) is 10.0 Å². The highest BCUT2D eigenvalue weighted by molar-refractivity contribution is 6.42. The Kier molecular flexibility index (Phi) is 9.48. The Morgan fingerprint density at radius 2 is 1.80 bits per heavy atom. The number of aliphatic hydroxyl groups excluding tert-OH is 1. The molecular weight excluding hydrogens is 487 g/mol. The molecule has 0 unspecified atom stereocenters. The van der Waals surface area contributed by atoms with Crippen LogP contribution < -0.4 is 10.6 Å². The Balaban J connectivity index is 1.60. The highest BCUT2D eigenvalue weighted by Gasteiger charge is 2.23. The summed E-state index contributed by atoms with van der Waals surface area (Å²) in [6.07, 6.45) is 1.37. The molecule has 2 aromatic carbocycles. The number of aromatic nitrogens is 1. The largest absolute Gasteiger partial charge is 0.387 e. The lowest BCUT2D eigenvalue weighted by atomic mass is 10.1. The third kappa shape index (κ3) is 7.42. The average molecular weight is 515 g/mol. The molecule has 0 fully saturated rings. The zero-order chi connectivity index (χ0) is 25.4. The summed E-state index contributed by atoms with van der Waals surface area (Å²) in [4.78, 5) is 30.8. The Morgan fingerprint density at radius 1 is 1.06 bits per heavy atom. The van der Waals surface area contributed by atoms with Crippen LogP contribution in [-0.4, -0.2) is 39.5 Å². The van der Waals surface area contributed by atoms with Crippen LogP contribution in [0.5, 0.6) is 0 Å². The van der Waals surface area contributed by atoms with Crippen LogP contribution in [0, 0.1) is 0 Å². The third-order valence-electron chi connectivity index (χ3n) is 5.64. The molecule has 0 radical (unpaired) electrons. The van der Waals surface area contributed by atoms with Crippen LogP contribution in [0.4, 0.5) is 10.5 Å². The van der Waals surface area contributed by atoms with E-state index in [1.807, 2.05) is 26.0 Å². The lowest BCUT2D eigenvalue weighted by Gasteiger charge is -2.31. The van der Waals surface area contributed by atoms with Crippen LogP contribution in [0.15, 0.2) is 66.9 Å². The molecule has 3 rings (SSSR count). The Hall–Kier alpha value is -3.13. The molecule has 1 heterocycles. The summed E-state index contributed by atoms with van der Waals surface area (Å²) < 4.78 is 0. The van der Waals surface area contributed by atoms with Gasteiger partial charge in [-0.25, -0.2) is 4.79 Å². The first-order valence-electron chi connectivity index (χ1n) is 11.3. The van der Waals surface area contributed by atoms with Crippen molar-refractivity contribution >= 4 is 40.8 Å². The fourth-order valence-electron chi connectivity index (χ4n) is 3.37. The average Bonchev–Trinajstić information content (AvgIpc) is 2.88. The number of rotatable bonds is 9. The molecule has 9 heteroatoms. The molecule has 0 spiro atoms. The van der Waals surface area contributed by atoms with Crippen molar-refractivity contribution in [3.05, 3.63) is 93.7 Å². The number of carbonyl (C=O) groups excluding carboxylic acids is 2. The number of benzene rings is 2. The van der Waals surface area contributed by atoms with Crippen molar-refractivity contribution in [2.75, 3.05) is 11.9 Å². The molecule has 0 saturated carbocycles. The maximum absolute atomic E-state index is 13.1. The molecule has 0 bridgehead atoms. The highest BCUT2D eigenvalue weighted by atomic mass is 35.5. The number of hydrogen-bond donors (Lipinski definition) is 3. The number of urea groups is 1. The molecule has 7 nitrogen and oxygen atoms in total. The number of nitrogens with one attached hydrogen (secondary N) is 2. The van der Waals surface area contributed by atoms with Gasteiger partial charge < -0.3 is 20.6 Å². The third-order valence-corrected chi connectivity index (χ3v) is 6.38. The van der Waals surface area contributed by atoms with E-state index in [1.165, 1.54) is 0 Å². The molecular formula is C26H28Cl2N4O3. The van der Waals surface area contributed by atoms with Crippen LogP contribution in [0.25, 0.3) is 0 Å². The van der Waals surface area contributed by atoms with Gasteiger partial charge in [0, 0.05) is 24.5 Å². The summed E-state index contributed by atoms with van der Waals surface area (Å²) in [5.74, 6) is -0.257. The van der Waals surface area contributed by atoms with Gasteiger partial charge in [0.2, 0.25) is 0 Å². The van der Waals surface area contributed by atoms with E-state index < -0.39 is 6.10 Å². The summed E-state index contributed by atoms with van der Waals surface area (Å²) in [5.41, 5.74) is 2.41. The predicted molar refractivity (Wildman–Crippen MR) is 139 cm³/mol. The zero-order valence-corrected chi connectivity index (χ0v) is 21.1. The van der Waals surface area contributed by atoms with Crippen molar-refractivity contribution in [3.63, 3.8) is 0 Å². The minimum Gasteiger partial charge on any atom is -0.387 e. The van der Waals surface area contributed by atoms with Gasteiger partial charge in [0.25, 0.3) is 5.91 Å². The number of nitrogens with zero attached hydrogens (tertiary/aromatic N) is 2. The Labute approximate surface area is 215 Å². The van der Waals surface area contributed by atoms with E-state index in [0.29, 0.717) is 33.5 Å². The topological polar surface area (TPSA) is 94.6 Å². The molecule has 0 aliphatic heterocycles. The van der Waals surface area contributed by atoms with Crippen LogP contribution >= 0.6 is 23.2 Å². The van der Waals surface area contributed by atoms with Gasteiger partial charge in [-0.2, -0.15) is 0 Å². The van der Waals surface area contributed by atoms with Crippen molar-refractivity contribution in [3.8, 4) is 0 Å². The zero-order valence-electron chi connectivity index (χ0n) is 19.5. The van der Waals surface area contributed by atoms with E-state index in [2.05, 4.69) is 15.6 Å². The van der Waals surface area contributed by atoms with Gasteiger partial charge in [-0.1, -0.05) is 54.4 Å². The predicted octanol–water partition coefficient (Wildman–Crippen LogP) is 5.68. The first-order chi connectivity index (χ1) is 16.8. The van der Waals surface area contributed by atoms with Crippen molar-refractivity contribution in [2.45, 2.75) is 39.0 Å². The lowest BCUT2D eigenvalue weighted by molar-refractivity contribution is 0.0946. The second kappa shape index (κ2) is 12.5. The maximum Gasteiger partial charge on any atom is 0.322 e. The molecule has 3 aromatic rings. The van der Waals surface area contributed by atoms with Gasteiger partial charge in [-0.05, 0) is 60.9 Å². The van der Waals surface area contributed by atoms with Gasteiger partial charge in [0.05, 0.1) is 22.7 Å². The van der Waals surface area contributed by atoms with Gasteiger partial charge in [0.1, 0.15) is 5.69 Å². The van der Waals surface area contributed by atoms with E-state index in [0.717, 1.165) is 12.0 Å². The molecule has 184 valence electrons. The molecule has 0 saturated heterocycles. The fraction of sp³-hybridized carbons (Fsp3) is 0.269. The van der Waals surface area contributed by atoms with Crippen LogP contribution in [0.3, 0.4) is 0 Å². The standard InChI is InChI=1S/C26H28Cl2N4O3/c1-3-17(2)32(16-24(33)19-9-12-21(27)22(28)14-19)26(35)31-20-10-7-18(8-11-20)15-30-25(34)23-6-4-5-13-29-23/h4-14,17,24,33H,3,15-16H2,1-2H3,(H,30,34)(H,31,35)/t17-,24-/m1/s1. The fourth-order valence-corrected chi connectivity index (χ4v) is 3.67. The number of aliphatic hydroxyl groups is 1. The van der Waals surface area contributed by atoms with E-state index in [9.17, 15) is 14.7 Å². The van der Waals surface area contributed by atoms with E-state index in [-0.39, 0.29) is 24.5 Å². The summed E-state index contributed by atoms with van der Waals surface area (Å²) in [6.45, 7) is 4.33. The van der Waals surface area contributed by atoms with Crippen molar-refractivity contribution in [1.29, 1.82) is 0 Å². The van der Waals surface area contributed by atoms with E-state index >= 15 is 0 Å². The summed E-state index contributed by atoms with van der Waals surface area (Å²) >= 11 is 12.0. The molecule has 2 atom stereocenters. The molecule has 3 amide bonds. The summed E-state index contributed by atoms with van der Waals surface area (Å²) in [7, 11) is 0.